The molecular weight excluding hydrogens is 444 g/mol. The average Bonchev–Trinajstić information content (AvgIpc) is 3.11. The van der Waals surface area contributed by atoms with Crippen molar-refractivity contribution < 1.29 is 35.5 Å². The number of oxazole rings is 1. The summed E-state index contributed by atoms with van der Waals surface area (Å²) in [6.45, 7) is 1.37. The summed E-state index contributed by atoms with van der Waals surface area (Å²) in [6, 6.07) is 2.85. The van der Waals surface area contributed by atoms with Gasteiger partial charge in [0.1, 0.15) is 11.3 Å². The molecule has 1 N–H and O–H groups in total. The Bertz CT molecular complexity index is 1250. The maximum atomic E-state index is 13.7. The SMILES string of the molecule is CS(=O)(=O)N1CCN(c2cc3oc(-c4cc(O)c(F)c(C(F)(F)F)c4)nc3cn2)CC1. The van der Waals surface area contributed by atoms with E-state index in [4.69, 9.17) is 4.42 Å². The van der Waals surface area contributed by atoms with Gasteiger partial charge >= 0.3 is 6.18 Å². The Morgan fingerprint density at radius 3 is 2.42 bits per heavy atom. The molecule has 1 aliphatic heterocycles. The van der Waals surface area contributed by atoms with Crippen molar-refractivity contribution in [1.82, 2.24) is 14.3 Å². The molecule has 2 aromatic heterocycles. The number of phenolic OH excluding ortho intramolecular Hbond substituents is 1. The van der Waals surface area contributed by atoms with Crippen LogP contribution in [0.4, 0.5) is 23.4 Å². The van der Waals surface area contributed by atoms with Crippen LogP contribution in [0.5, 0.6) is 5.75 Å². The number of hydrogen-bond donors (Lipinski definition) is 1. The van der Waals surface area contributed by atoms with Crippen molar-refractivity contribution in [3.8, 4) is 17.2 Å². The minimum atomic E-state index is -5.01. The van der Waals surface area contributed by atoms with Crippen LogP contribution in [-0.4, -0.2) is 60.2 Å². The number of halogens is 4. The highest BCUT2D eigenvalue weighted by Crippen LogP contribution is 2.38. The van der Waals surface area contributed by atoms with Crippen LogP contribution < -0.4 is 4.90 Å². The molecule has 0 atom stereocenters. The van der Waals surface area contributed by atoms with E-state index >= 15 is 0 Å². The Hall–Kier alpha value is -2.93. The number of anilines is 1. The van der Waals surface area contributed by atoms with Crippen LogP contribution in [0.25, 0.3) is 22.6 Å². The van der Waals surface area contributed by atoms with Gasteiger partial charge in [0.15, 0.2) is 17.1 Å². The van der Waals surface area contributed by atoms with E-state index in [1.165, 1.54) is 16.6 Å². The maximum absolute atomic E-state index is 13.7. The lowest BCUT2D eigenvalue weighted by atomic mass is 10.1. The number of benzene rings is 1. The molecule has 1 saturated heterocycles. The Morgan fingerprint density at radius 1 is 1.13 bits per heavy atom. The molecule has 1 fully saturated rings. The molecule has 0 radical (unpaired) electrons. The smallest absolute Gasteiger partial charge is 0.419 e. The standard InChI is InChI=1S/C18H16F4N4O4S/c1-31(28,29)26-4-2-25(3-5-26)15-8-14-12(9-23-15)24-17(30-14)10-6-11(18(20,21)22)16(19)13(27)7-10/h6-9,27H,2-5H2,1H3. The minimum Gasteiger partial charge on any atom is -0.505 e. The van der Waals surface area contributed by atoms with Gasteiger partial charge in [-0.05, 0) is 12.1 Å². The van der Waals surface area contributed by atoms with Crippen LogP contribution in [0.3, 0.4) is 0 Å². The number of nitrogens with zero attached hydrogens (tertiary/aromatic N) is 4. The summed E-state index contributed by atoms with van der Waals surface area (Å²) in [4.78, 5) is 10.2. The number of fused-ring (bicyclic) bond motifs is 1. The van der Waals surface area contributed by atoms with Crippen molar-refractivity contribution in [3.63, 3.8) is 0 Å². The molecule has 0 spiro atoms. The topological polar surface area (TPSA) is 99.8 Å². The zero-order valence-electron chi connectivity index (χ0n) is 16.0. The molecule has 0 saturated carbocycles. The van der Waals surface area contributed by atoms with Gasteiger partial charge in [-0.1, -0.05) is 0 Å². The number of hydrogen-bond acceptors (Lipinski definition) is 7. The number of alkyl halides is 3. The van der Waals surface area contributed by atoms with Crippen LogP contribution in [0.15, 0.2) is 28.8 Å². The molecule has 8 nitrogen and oxygen atoms in total. The Balaban J connectivity index is 1.64. The Kier molecular flexibility index (Phi) is 5.04. The van der Waals surface area contributed by atoms with Gasteiger partial charge in [-0.3, -0.25) is 0 Å². The van der Waals surface area contributed by atoms with Gasteiger partial charge in [0, 0.05) is 37.8 Å². The van der Waals surface area contributed by atoms with Gasteiger partial charge in [-0.25, -0.2) is 22.8 Å². The van der Waals surface area contributed by atoms with Gasteiger partial charge in [0.25, 0.3) is 0 Å². The van der Waals surface area contributed by atoms with E-state index in [1.54, 1.807) is 0 Å². The highest BCUT2D eigenvalue weighted by Gasteiger charge is 2.36. The van der Waals surface area contributed by atoms with Crippen LogP contribution >= 0.6 is 0 Å². The summed E-state index contributed by atoms with van der Waals surface area (Å²) in [5, 5.41) is 9.56. The van der Waals surface area contributed by atoms with Crippen LogP contribution in [0, 0.1) is 5.82 Å². The molecule has 1 aromatic carbocycles. The predicted molar refractivity (Wildman–Crippen MR) is 102 cm³/mol. The lowest BCUT2D eigenvalue weighted by molar-refractivity contribution is -0.140. The molecular formula is C18H16F4N4O4S. The van der Waals surface area contributed by atoms with Gasteiger partial charge < -0.3 is 14.4 Å². The average molecular weight is 460 g/mol. The molecule has 13 heteroatoms. The molecule has 0 bridgehead atoms. The third-order valence-corrected chi connectivity index (χ3v) is 6.20. The van der Waals surface area contributed by atoms with Crippen molar-refractivity contribution in [2.24, 2.45) is 0 Å². The summed E-state index contributed by atoms with van der Waals surface area (Å²) in [6.07, 6.45) is -2.50. The Labute approximate surface area is 173 Å². The van der Waals surface area contributed by atoms with Crippen molar-refractivity contribution in [2.45, 2.75) is 6.18 Å². The first-order valence-electron chi connectivity index (χ1n) is 9.00. The number of piperazine rings is 1. The van der Waals surface area contributed by atoms with Crippen molar-refractivity contribution in [1.29, 1.82) is 0 Å². The normalized spacial score (nSPS) is 16.2. The van der Waals surface area contributed by atoms with Crippen LogP contribution in [-0.2, 0) is 16.2 Å². The largest absolute Gasteiger partial charge is 0.505 e. The fraction of sp³-hybridized carbons (Fsp3) is 0.333. The second-order valence-corrected chi connectivity index (χ2v) is 9.02. The van der Waals surface area contributed by atoms with E-state index in [1.807, 2.05) is 4.90 Å². The summed E-state index contributed by atoms with van der Waals surface area (Å²) >= 11 is 0. The fourth-order valence-corrected chi connectivity index (χ4v) is 4.13. The minimum absolute atomic E-state index is 0.225. The molecule has 3 aromatic rings. The van der Waals surface area contributed by atoms with E-state index in [0.29, 0.717) is 25.0 Å². The number of phenols is 1. The number of sulfonamides is 1. The molecule has 3 heterocycles. The number of rotatable bonds is 3. The number of pyridine rings is 1. The molecule has 1 aliphatic rings. The number of aromatic hydroxyl groups is 1. The lowest BCUT2D eigenvalue weighted by Crippen LogP contribution is -2.48. The summed E-state index contributed by atoms with van der Waals surface area (Å²) < 4.78 is 82.9. The van der Waals surface area contributed by atoms with Crippen molar-refractivity contribution >= 4 is 26.9 Å². The predicted octanol–water partition coefficient (Wildman–Crippen LogP) is 2.83. The fourth-order valence-electron chi connectivity index (χ4n) is 3.31. The second kappa shape index (κ2) is 7.34. The summed E-state index contributed by atoms with van der Waals surface area (Å²) in [5.41, 5.74) is -1.40. The van der Waals surface area contributed by atoms with Gasteiger partial charge in [0.2, 0.25) is 15.9 Å². The molecule has 0 aliphatic carbocycles. The molecule has 4 rings (SSSR count). The maximum Gasteiger partial charge on any atom is 0.419 e. The molecule has 31 heavy (non-hydrogen) atoms. The lowest BCUT2D eigenvalue weighted by Gasteiger charge is -2.33. The summed E-state index contributed by atoms with van der Waals surface area (Å²) in [5.74, 6) is -2.70. The highest BCUT2D eigenvalue weighted by atomic mass is 32.2. The van der Waals surface area contributed by atoms with Gasteiger partial charge in [-0.2, -0.15) is 17.5 Å². The van der Waals surface area contributed by atoms with Crippen LogP contribution in [0.1, 0.15) is 5.56 Å². The first-order chi connectivity index (χ1) is 14.4. The van der Waals surface area contributed by atoms with E-state index < -0.39 is 33.3 Å². The molecule has 0 amide bonds. The third kappa shape index (κ3) is 4.14. The molecule has 166 valence electrons. The zero-order chi connectivity index (χ0) is 22.6. The van der Waals surface area contributed by atoms with E-state index in [-0.39, 0.29) is 35.6 Å². The first kappa shape index (κ1) is 21.3. The highest BCUT2D eigenvalue weighted by molar-refractivity contribution is 7.88. The first-order valence-corrected chi connectivity index (χ1v) is 10.8. The van der Waals surface area contributed by atoms with Crippen molar-refractivity contribution in [2.75, 3.05) is 37.3 Å². The Morgan fingerprint density at radius 2 is 1.81 bits per heavy atom. The van der Waals surface area contributed by atoms with Gasteiger partial charge in [0.05, 0.1) is 18.0 Å². The molecule has 0 unspecified atom stereocenters. The zero-order valence-corrected chi connectivity index (χ0v) is 16.8. The van der Waals surface area contributed by atoms with E-state index in [0.717, 1.165) is 12.3 Å². The number of aromatic nitrogens is 2. The second-order valence-electron chi connectivity index (χ2n) is 7.03. The van der Waals surface area contributed by atoms with E-state index in [2.05, 4.69) is 9.97 Å². The van der Waals surface area contributed by atoms with Crippen molar-refractivity contribution in [3.05, 3.63) is 35.8 Å². The summed E-state index contributed by atoms with van der Waals surface area (Å²) in [7, 11) is -3.28. The third-order valence-electron chi connectivity index (χ3n) is 4.90. The monoisotopic (exact) mass is 460 g/mol. The van der Waals surface area contributed by atoms with E-state index in [9.17, 15) is 31.1 Å². The van der Waals surface area contributed by atoms with Crippen LogP contribution in [0.2, 0.25) is 0 Å². The van der Waals surface area contributed by atoms with Gasteiger partial charge in [-0.15, -0.1) is 0 Å². The quantitative estimate of drug-likeness (QED) is 0.600.